The Kier molecular flexibility index (Phi) is 4.55. The molecule has 0 fully saturated rings. The Morgan fingerprint density at radius 1 is 1.00 bits per heavy atom. The third-order valence-electron chi connectivity index (χ3n) is 1.22. The van der Waals surface area contributed by atoms with E-state index in [2.05, 4.69) is 0 Å². The summed E-state index contributed by atoms with van der Waals surface area (Å²) in [4.78, 5) is 0. The predicted molar refractivity (Wildman–Crippen MR) is 41.6 cm³/mol. The van der Waals surface area contributed by atoms with E-state index in [-0.39, 0.29) is 0 Å². The minimum atomic E-state index is -2.40. The highest BCUT2D eigenvalue weighted by Gasteiger charge is 2.33. The second kappa shape index (κ2) is 4.62. The Morgan fingerprint density at radius 2 is 1.40 bits per heavy atom. The smallest absolute Gasteiger partial charge is 0.374 e. The Bertz CT molecular complexity index is 101. The van der Waals surface area contributed by atoms with Crippen LogP contribution >= 0.6 is 0 Å². The van der Waals surface area contributed by atoms with Crippen molar-refractivity contribution in [2.45, 2.75) is 6.92 Å². The van der Waals surface area contributed by atoms with E-state index in [9.17, 15) is 0 Å². The number of hydrogen-bond acceptors (Lipinski definition) is 3. The normalized spacial score (nSPS) is 12.8. The standard InChI is InChI=1S/C6H14O3Si/c1-5-6-10(7-2,8-3)9-4/h5-6H,1-4H3/b6-5+. The molecule has 0 saturated carbocycles. The van der Waals surface area contributed by atoms with Crippen molar-refractivity contribution < 1.29 is 13.3 Å². The Balaban J connectivity index is 4.15. The SMILES string of the molecule is C/C=C/[Si](OC)(OC)OC. The van der Waals surface area contributed by atoms with Gasteiger partial charge in [0.05, 0.1) is 0 Å². The highest BCUT2D eigenvalue weighted by molar-refractivity contribution is 6.66. The molecular weight excluding hydrogens is 148 g/mol. The van der Waals surface area contributed by atoms with Gasteiger partial charge < -0.3 is 13.3 Å². The van der Waals surface area contributed by atoms with Gasteiger partial charge in [-0.3, -0.25) is 0 Å². The summed E-state index contributed by atoms with van der Waals surface area (Å²) in [5.41, 5.74) is 1.83. The highest BCUT2D eigenvalue weighted by atomic mass is 28.4. The number of hydrogen-bond donors (Lipinski definition) is 0. The van der Waals surface area contributed by atoms with Crippen LogP contribution in [0.15, 0.2) is 11.8 Å². The Hall–Kier alpha value is -0.163. The first-order chi connectivity index (χ1) is 4.74. The first kappa shape index (κ1) is 9.84. The lowest BCUT2D eigenvalue weighted by Gasteiger charge is -2.19. The van der Waals surface area contributed by atoms with Gasteiger partial charge in [0.25, 0.3) is 0 Å². The van der Waals surface area contributed by atoms with E-state index in [0.29, 0.717) is 0 Å². The lowest BCUT2D eigenvalue weighted by molar-refractivity contribution is 0.138. The predicted octanol–water partition coefficient (Wildman–Crippen LogP) is 0.980. The van der Waals surface area contributed by atoms with Crippen LogP contribution in [0.2, 0.25) is 0 Å². The van der Waals surface area contributed by atoms with Gasteiger partial charge >= 0.3 is 8.80 Å². The zero-order valence-electron chi connectivity index (χ0n) is 6.88. The van der Waals surface area contributed by atoms with Crippen LogP contribution in [0.1, 0.15) is 6.92 Å². The Labute approximate surface area is 63.0 Å². The third kappa shape index (κ3) is 2.22. The van der Waals surface area contributed by atoms with Crippen LogP contribution in [0.3, 0.4) is 0 Å². The second-order valence-corrected chi connectivity index (χ2v) is 4.48. The molecule has 0 aromatic carbocycles. The summed E-state index contributed by atoms with van der Waals surface area (Å²) >= 11 is 0. The molecule has 0 rings (SSSR count). The molecule has 0 aliphatic rings. The van der Waals surface area contributed by atoms with Crippen LogP contribution in [0, 0.1) is 0 Å². The molecule has 0 spiro atoms. The second-order valence-electron chi connectivity index (χ2n) is 1.72. The average Bonchev–Trinajstić information content (AvgIpc) is 2.01. The number of allylic oxidation sites excluding steroid dienone is 1. The number of rotatable bonds is 4. The fraction of sp³-hybridized carbons (Fsp3) is 0.667. The fourth-order valence-corrected chi connectivity index (χ4v) is 1.97. The van der Waals surface area contributed by atoms with E-state index in [1.165, 1.54) is 0 Å². The molecule has 10 heavy (non-hydrogen) atoms. The van der Waals surface area contributed by atoms with Gasteiger partial charge in [-0.15, -0.1) is 0 Å². The summed E-state index contributed by atoms with van der Waals surface area (Å²) < 4.78 is 15.3. The van der Waals surface area contributed by atoms with Crippen molar-refractivity contribution in [1.29, 1.82) is 0 Å². The minimum Gasteiger partial charge on any atom is -0.374 e. The molecule has 0 aliphatic heterocycles. The van der Waals surface area contributed by atoms with E-state index in [1.807, 2.05) is 18.7 Å². The molecule has 3 nitrogen and oxygen atoms in total. The van der Waals surface area contributed by atoms with Gasteiger partial charge in [0, 0.05) is 21.3 Å². The molecule has 0 bridgehead atoms. The van der Waals surface area contributed by atoms with Gasteiger partial charge in [-0.2, -0.15) is 0 Å². The first-order valence-electron chi connectivity index (χ1n) is 3.04. The van der Waals surface area contributed by atoms with Gasteiger partial charge in [-0.1, -0.05) is 6.08 Å². The molecule has 0 atom stereocenters. The lowest BCUT2D eigenvalue weighted by atomic mass is 10.8. The molecule has 0 N–H and O–H groups in total. The maximum absolute atomic E-state index is 5.08. The average molecular weight is 162 g/mol. The zero-order valence-corrected chi connectivity index (χ0v) is 7.88. The van der Waals surface area contributed by atoms with E-state index >= 15 is 0 Å². The third-order valence-corrected chi connectivity index (χ3v) is 3.67. The summed E-state index contributed by atoms with van der Waals surface area (Å²) in [6.07, 6.45) is 1.86. The van der Waals surface area contributed by atoms with Gasteiger partial charge in [0.1, 0.15) is 0 Å². The Morgan fingerprint density at radius 3 is 1.50 bits per heavy atom. The van der Waals surface area contributed by atoms with Crippen LogP contribution in [0.25, 0.3) is 0 Å². The molecule has 0 aromatic rings. The molecule has 0 saturated heterocycles. The fourth-order valence-electron chi connectivity index (χ4n) is 0.658. The van der Waals surface area contributed by atoms with Gasteiger partial charge in [0.15, 0.2) is 0 Å². The highest BCUT2D eigenvalue weighted by Crippen LogP contribution is 2.06. The quantitative estimate of drug-likeness (QED) is 0.577. The molecule has 60 valence electrons. The first-order valence-corrected chi connectivity index (χ1v) is 4.84. The summed E-state index contributed by atoms with van der Waals surface area (Å²) in [7, 11) is 2.35. The van der Waals surface area contributed by atoms with Crippen molar-refractivity contribution >= 4 is 8.80 Å². The molecule has 0 unspecified atom stereocenters. The topological polar surface area (TPSA) is 27.7 Å². The summed E-state index contributed by atoms with van der Waals surface area (Å²) in [5.74, 6) is 0. The van der Waals surface area contributed by atoms with Crippen LogP contribution in [0.5, 0.6) is 0 Å². The zero-order chi connectivity index (χ0) is 8.04. The molecular formula is C6H14O3Si. The van der Waals surface area contributed by atoms with Gasteiger partial charge in [0.2, 0.25) is 0 Å². The summed E-state index contributed by atoms with van der Waals surface area (Å²) in [6.45, 7) is 1.90. The molecule has 0 amide bonds. The van der Waals surface area contributed by atoms with Crippen LogP contribution in [-0.2, 0) is 13.3 Å². The maximum Gasteiger partial charge on any atom is 0.528 e. The molecule has 0 aliphatic carbocycles. The van der Waals surface area contributed by atoms with Crippen molar-refractivity contribution in [1.82, 2.24) is 0 Å². The van der Waals surface area contributed by atoms with Gasteiger partial charge in [-0.25, -0.2) is 0 Å². The van der Waals surface area contributed by atoms with Crippen molar-refractivity contribution in [2.75, 3.05) is 21.3 Å². The van der Waals surface area contributed by atoms with Crippen molar-refractivity contribution in [2.24, 2.45) is 0 Å². The van der Waals surface area contributed by atoms with E-state index in [1.54, 1.807) is 21.3 Å². The van der Waals surface area contributed by atoms with Crippen LogP contribution in [-0.4, -0.2) is 30.1 Å². The summed E-state index contributed by atoms with van der Waals surface area (Å²) in [5, 5.41) is 0. The van der Waals surface area contributed by atoms with Crippen LogP contribution < -0.4 is 0 Å². The summed E-state index contributed by atoms with van der Waals surface area (Å²) in [6, 6.07) is 0. The van der Waals surface area contributed by atoms with Crippen molar-refractivity contribution in [3.8, 4) is 0 Å². The van der Waals surface area contributed by atoms with Crippen molar-refractivity contribution in [3.63, 3.8) is 0 Å². The van der Waals surface area contributed by atoms with Crippen molar-refractivity contribution in [3.05, 3.63) is 11.8 Å². The largest absolute Gasteiger partial charge is 0.528 e. The minimum absolute atomic E-state index is 1.58. The van der Waals surface area contributed by atoms with Crippen LogP contribution in [0.4, 0.5) is 0 Å². The maximum atomic E-state index is 5.08. The molecule has 0 aromatic heterocycles. The van der Waals surface area contributed by atoms with E-state index in [0.717, 1.165) is 0 Å². The van der Waals surface area contributed by atoms with Gasteiger partial charge in [-0.05, 0) is 12.6 Å². The van der Waals surface area contributed by atoms with E-state index < -0.39 is 8.80 Å². The van der Waals surface area contributed by atoms with E-state index in [4.69, 9.17) is 13.3 Å². The molecule has 4 heteroatoms. The molecule has 0 heterocycles. The molecule has 0 radical (unpaired) electrons. The lowest BCUT2D eigenvalue weighted by Crippen LogP contribution is -2.40. The monoisotopic (exact) mass is 162 g/mol.